The summed E-state index contributed by atoms with van der Waals surface area (Å²) < 4.78 is 5.55. The minimum absolute atomic E-state index is 0.0710. The third-order valence-corrected chi connectivity index (χ3v) is 5.16. The molecule has 2 aliphatic rings. The molecule has 1 aromatic carbocycles. The van der Waals surface area contributed by atoms with Crippen molar-refractivity contribution in [3.05, 3.63) is 22.8 Å². The molecule has 3 rings (SSSR count). The van der Waals surface area contributed by atoms with E-state index in [9.17, 15) is 9.90 Å². The van der Waals surface area contributed by atoms with Crippen molar-refractivity contribution in [3.8, 4) is 5.75 Å². The molecule has 0 radical (unpaired) electrons. The van der Waals surface area contributed by atoms with E-state index in [1.807, 2.05) is 27.7 Å². The predicted octanol–water partition coefficient (Wildman–Crippen LogP) is 4.74. The van der Waals surface area contributed by atoms with Crippen LogP contribution >= 0.6 is 11.6 Å². The molecule has 132 valence electrons. The van der Waals surface area contributed by atoms with E-state index in [-0.39, 0.29) is 17.4 Å². The number of rotatable bonds is 1. The van der Waals surface area contributed by atoms with Crippen LogP contribution in [-0.4, -0.2) is 28.7 Å². The maximum absolute atomic E-state index is 12.7. The zero-order valence-electron chi connectivity index (χ0n) is 14.9. The molecule has 0 saturated carbocycles. The molecule has 24 heavy (non-hydrogen) atoms. The van der Waals surface area contributed by atoms with Gasteiger partial charge in [-0.05, 0) is 70.1 Å². The number of phenolic OH excluding ortho intramolecular Hbond substituents is 1. The quantitative estimate of drug-likeness (QED) is 0.743. The van der Waals surface area contributed by atoms with E-state index in [1.54, 1.807) is 11.0 Å². The van der Waals surface area contributed by atoms with Crippen molar-refractivity contribution in [2.75, 3.05) is 11.4 Å². The number of ether oxygens (including phenoxy) is 1. The number of alkyl halides is 1. The number of fused-ring (bicyclic) bond motifs is 3. The Morgan fingerprint density at radius 1 is 1.33 bits per heavy atom. The van der Waals surface area contributed by atoms with Gasteiger partial charge in [-0.3, -0.25) is 4.90 Å². The fourth-order valence-corrected chi connectivity index (χ4v) is 4.03. The molecule has 0 bridgehead atoms. The summed E-state index contributed by atoms with van der Waals surface area (Å²) in [5.74, 6) is 0.363. The lowest BCUT2D eigenvalue weighted by molar-refractivity contribution is 0.0582. The summed E-state index contributed by atoms with van der Waals surface area (Å²) >= 11 is 6.46. The maximum atomic E-state index is 12.7. The predicted molar refractivity (Wildman–Crippen MR) is 96.4 cm³/mol. The van der Waals surface area contributed by atoms with E-state index in [4.69, 9.17) is 16.3 Å². The van der Waals surface area contributed by atoms with Gasteiger partial charge in [0, 0.05) is 23.9 Å². The maximum Gasteiger partial charge on any atom is 0.414 e. The zero-order valence-corrected chi connectivity index (χ0v) is 15.6. The fourth-order valence-electron chi connectivity index (χ4n) is 3.82. The molecule has 0 aromatic heterocycles. The first-order valence-electron chi connectivity index (χ1n) is 8.71. The second-order valence-electron chi connectivity index (χ2n) is 7.87. The Morgan fingerprint density at radius 2 is 1.96 bits per heavy atom. The molecular formula is C19H26ClNO3. The van der Waals surface area contributed by atoms with Crippen LogP contribution in [0.1, 0.15) is 63.1 Å². The Morgan fingerprint density at radius 3 is 2.54 bits per heavy atom. The lowest BCUT2D eigenvalue weighted by Crippen LogP contribution is -2.36. The first-order chi connectivity index (χ1) is 11.2. The Kier molecular flexibility index (Phi) is 4.45. The van der Waals surface area contributed by atoms with E-state index >= 15 is 0 Å². The second kappa shape index (κ2) is 6.14. The highest BCUT2D eigenvalue weighted by molar-refractivity contribution is 6.21. The van der Waals surface area contributed by atoms with E-state index in [1.165, 1.54) is 5.56 Å². The molecule has 0 saturated heterocycles. The molecule has 1 aliphatic heterocycles. The van der Waals surface area contributed by atoms with Crippen LogP contribution in [0.4, 0.5) is 10.5 Å². The normalized spacial score (nSPS) is 21.2. The van der Waals surface area contributed by atoms with Crippen molar-refractivity contribution in [1.29, 1.82) is 0 Å². The van der Waals surface area contributed by atoms with Gasteiger partial charge in [0.1, 0.15) is 11.4 Å². The molecule has 1 aliphatic carbocycles. The molecule has 1 heterocycles. The topological polar surface area (TPSA) is 49.8 Å². The summed E-state index contributed by atoms with van der Waals surface area (Å²) in [6.07, 6.45) is 3.66. The average Bonchev–Trinajstić information content (AvgIpc) is 2.85. The Labute approximate surface area is 148 Å². The molecule has 0 unspecified atom stereocenters. The van der Waals surface area contributed by atoms with Gasteiger partial charge in [-0.2, -0.15) is 0 Å². The van der Waals surface area contributed by atoms with Crippen LogP contribution in [0.25, 0.3) is 0 Å². The monoisotopic (exact) mass is 351 g/mol. The van der Waals surface area contributed by atoms with E-state index in [2.05, 4.69) is 0 Å². The number of amides is 1. The third kappa shape index (κ3) is 3.08. The summed E-state index contributed by atoms with van der Waals surface area (Å²) in [5.41, 5.74) is 3.57. The van der Waals surface area contributed by atoms with Crippen molar-refractivity contribution >= 4 is 23.4 Å². The van der Waals surface area contributed by atoms with Crippen LogP contribution in [0, 0.1) is 0 Å². The van der Waals surface area contributed by atoms with Crippen LogP contribution in [-0.2, 0) is 17.6 Å². The van der Waals surface area contributed by atoms with Gasteiger partial charge in [0.15, 0.2) is 0 Å². The van der Waals surface area contributed by atoms with Gasteiger partial charge < -0.3 is 9.84 Å². The number of carbonyl (C=O) groups excluding carboxylic acids is 1. The number of phenols is 1. The number of benzene rings is 1. The van der Waals surface area contributed by atoms with Crippen LogP contribution in [0.15, 0.2) is 6.07 Å². The largest absolute Gasteiger partial charge is 0.508 e. The van der Waals surface area contributed by atoms with Gasteiger partial charge in [-0.15, -0.1) is 11.6 Å². The Bertz CT molecular complexity index is 664. The van der Waals surface area contributed by atoms with E-state index in [0.29, 0.717) is 12.3 Å². The average molecular weight is 352 g/mol. The summed E-state index contributed by atoms with van der Waals surface area (Å²) in [4.78, 5) is 14.3. The van der Waals surface area contributed by atoms with Gasteiger partial charge in [-0.1, -0.05) is 0 Å². The Balaban J connectivity index is 2.07. The smallest absolute Gasteiger partial charge is 0.414 e. The molecule has 1 N–H and O–H groups in total. The van der Waals surface area contributed by atoms with Crippen LogP contribution in [0.3, 0.4) is 0 Å². The molecule has 1 amide bonds. The summed E-state index contributed by atoms with van der Waals surface area (Å²) in [7, 11) is 0. The number of halogens is 1. The van der Waals surface area contributed by atoms with Gasteiger partial charge >= 0.3 is 6.09 Å². The molecular weight excluding hydrogens is 326 g/mol. The van der Waals surface area contributed by atoms with Crippen LogP contribution in [0.5, 0.6) is 5.75 Å². The second-order valence-corrected chi connectivity index (χ2v) is 8.56. The van der Waals surface area contributed by atoms with Crippen molar-refractivity contribution < 1.29 is 14.6 Å². The molecule has 0 fully saturated rings. The first kappa shape index (κ1) is 17.4. The standard InChI is InChI=1S/C19H26ClNO3/c1-11(20)14-10-21(18(23)24-19(2,3)4)15-9-16(22)12-7-5-6-8-13(12)17(14)15/h9,11,14,22H,5-8,10H2,1-4H3/t11-,14+/m1/s1. The SMILES string of the molecule is C[C@@H](Cl)[C@@H]1CN(C(=O)OC(C)(C)C)c2cc(O)c3c(c21)CCCC3. The van der Waals surface area contributed by atoms with Crippen molar-refractivity contribution in [2.24, 2.45) is 0 Å². The fraction of sp³-hybridized carbons (Fsp3) is 0.632. The molecule has 2 atom stereocenters. The van der Waals surface area contributed by atoms with E-state index < -0.39 is 5.60 Å². The number of carbonyl (C=O) groups is 1. The number of nitrogens with zero attached hydrogens (tertiary/aromatic N) is 1. The van der Waals surface area contributed by atoms with E-state index in [0.717, 1.165) is 42.5 Å². The Hall–Kier alpha value is -1.42. The van der Waals surface area contributed by atoms with Gasteiger partial charge in [-0.25, -0.2) is 4.79 Å². The number of hydrogen-bond donors (Lipinski definition) is 1. The van der Waals surface area contributed by atoms with Gasteiger partial charge in [0.25, 0.3) is 0 Å². The molecule has 1 aromatic rings. The lowest BCUT2D eigenvalue weighted by atomic mass is 9.83. The highest BCUT2D eigenvalue weighted by Crippen LogP contribution is 2.48. The molecule has 5 heteroatoms. The van der Waals surface area contributed by atoms with Gasteiger partial charge in [0.2, 0.25) is 0 Å². The van der Waals surface area contributed by atoms with Crippen LogP contribution in [0.2, 0.25) is 0 Å². The van der Waals surface area contributed by atoms with Crippen molar-refractivity contribution in [2.45, 2.75) is 70.3 Å². The number of aromatic hydroxyl groups is 1. The van der Waals surface area contributed by atoms with Crippen LogP contribution < -0.4 is 4.90 Å². The summed E-state index contributed by atoms with van der Waals surface area (Å²) in [5, 5.41) is 10.4. The van der Waals surface area contributed by atoms with Crippen molar-refractivity contribution in [3.63, 3.8) is 0 Å². The van der Waals surface area contributed by atoms with Gasteiger partial charge in [0.05, 0.1) is 5.69 Å². The molecule has 0 spiro atoms. The summed E-state index contributed by atoms with van der Waals surface area (Å²) in [6.45, 7) is 8.04. The first-order valence-corrected chi connectivity index (χ1v) is 9.15. The molecule has 4 nitrogen and oxygen atoms in total. The lowest BCUT2D eigenvalue weighted by Gasteiger charge is -2.26. The highest BCUT2D eigenvalue weighted by Gasteiger charge is 2.40. The number of hydrogen-bond acceptors (Lipinski definition) is 3. The summed E-state index contributed by atoms with van der Waals surface area (Å²) in [6, 6.07) is 1.72. The highest BCUT2D eigenvalue weighted by atomic mass is 35.5. The zero-order chi connectivity index (χ0) is 17.6. The minimum atomic E-state index is -0.557. The third-order valence-electron chi connectivity index (χ3n) is 4.86. The number of anilines is 1. The minimum Gasteiger partial charge on any atom is -0.508 e. The van der Waals surface area contributed by atoms with Crippen molar-refractivity contribution in [1.82, 2.24) is 0 Å².